The first kappa shape index (κ1) is 21.4. The first-order valence-corrected chi connectivity index (χ1v) is 10.3. The predicted molar refractivity (Wildman–Crippen MR) is 122 cm³/mol. The molecule has 0 unspecified atom stereocenters. The van der Waals surface area contributed by atoms with E-state index in [1.54, 1.807) is 12.1 Å². The summed E-state index contributed by atoms with van der Waals surface area (Å²) >= 11 is 0. The van der Waals surface area contributed by atoms with Crippen LogP contribution in [0.4, 0.5) is 5.69 Å². The van der Waals surface area contributed by atoms with Crippen LogP contribution in [0.15, 0.2) is 44.0 Å². The lowest BCUT2D eigenvalue weighted by Gasteiger charge is -2.10. The van der Waals surface area contributed by atoms with Crippen molar-refractivity contribution in [1.29, 1.82) is 0 Å². The Morgan fingerprint density at radius 3 is 2.34 bits per heavy atom. The number of amides is 1. The van der Waals surface area contributed by atoms with Crippen LogP contribution in [0.25, 0.3) is 21.9 Å². The van der Waals surface area contributed by atoms with Crippen molar-refractivity contribution < 1.29 is 23.5 Å². The van der Waals surface area contributed by atoms with Gasteiger partial charge in [0, 0.05) is 34.0 Å². The second-order valence-corrected chi connectivity index (χ2v) is 7.97. The molecule has 0 atom stereocenters. The number of carboxylic acid groups (broad SMARTS) is 1. The van der Waals surface area contributed by atoms with E-state index in [2.05, 4.69) is 5.32 Å². The van der Waals surface area contributed by atoms with Gasteiger partial charge >= 0.3 is 11.6 Å². The van der Waals surface area contributed by atoms with Gasteiger partial charge in [-0.2, -0.15) is 0 Å². The quantitative estimate of drug-likeness (QED) is 0.427. The predicted octanol–water partition coefficient (Wildman–Crippen LogP) is 5.04. The molecule has 0 saturated carbocycles. The molecule has 2 N–H and O–H groups in total. The molecule has 32 heavy (non-hydrogen) atoms. The Morgan fingerprint density at radius 2 is 1.62 bits per heavy atom. The summed E-state index contributed by atoms with van der Waals surface area (Å²) in [5.74, 6) is -0.570. The van der Waals surface area contributed by atoms with Gasteiger partial charge in [-0.1, -0.05) is 6.07 Å². The average molecular weight is 433 g/mol. The molecule has 1 amide bonds. The lowest BCUT2D eigenvalue weighted by atomic mass is 9.98. The minimum atomic E-state index is -1.07. The lowest BCUT2D eigenvalue weighted by Crippen LogP contribution is -2.17. The number of nitrogens with one attached hydrogen (secondary N) is 1. The van der Waals surface area contributed by atoms with Crippen molar-refractivity contribution in [3.63, 3.8) is 0 Å². The van der Waals surface area contributed by atoms with Crippen molar-refractivity contribution in [2.24, 2.45) is 0 Å². The second-order valence-electron chi connectivity index (χ2n) is 7.97. The van der Waals surface area contributed by atoms with Gasteiger partial charge in [-0.05, 0) is 69.5 Å². The van der Waals surface area contributed by atoms with Crippen molar-refractivity contribution in [2.45, 2.75) is 40.5 Å². The zero-order chi connectivity index (χ0) is 23.2. The number of rotatable bonds is 5. The van der Waals surface area contributed by atoms with Crippen molar-refractivity contribution in [3.8, 4) is 0 Å². The van der Waals surface area contributed by atoms with E-state index in [0.717, 1.165) is 33.2 Å². The van der Waals surface area contributed by atoms with Gasteiger partial charge in [-0.25, -0.2) is 9.59 Å². The van der Waals surface area contributed by atoms with E-state index < -0.39 is 11.6 Å². The summed E-state index contributed by atoms with van der Waals surface area (Å²) in [4.78, 5) is 36.2. The molecule has 0 saturated heterocycles. The zero-order valence-corrected chi connectivity index (χ0v) is 18.3. The molecule has 2 aromatic carbocycles. The SMILES string of the molecule is Cc1oc2c(C)c3oc(=O)c(CCC(=O)Nc4cccc(C(=O)O)c4)c(C)c3cc2c1C. The summed E-state index contributed by atoms with van der Waals surface area (Å²) in [6, 6.07) is 7.98. The van der Waals surface area contributed by atoms with E-state index in [4.69, 9.17) is 13.9 Å². The highest BCUT2D eigenvalue weighted by molar-refractivity contribution is 6.00. The summed E-state index contributed by atoms with van der Waals surface area (Å²) in [6.07, 6.45) is 0.258. The summed E-state index contributed by atoms with van der Waals surface area (Å²) in [6.45, 7) is 7.62. The molecule has 0 bridgehead atoms. The Bertz CT molecular complexity index is 1460. The molecule has 0 radical (unpaired) electrons. The maximum atomic E-state index is 12.7. The Labute approximate surface area is 183 Å². The van der Waals surface area contributed by atoms with Gasteiger partial charge in [0.1, 0.15) is 16.9 Å². The van der Waals surface area contributed by atoms with Gasteiger partial charge < -0.3 is 19.3 Å². The molecule has 7 heteroatoms. The number of aryl methyl sites for hydroxylation is 4. The van der Waals surface area contributed by atoms with Crippen LogP contribution in [0.5, 0.6) is 0 Å². The third kappa shape index (κ3) is 3.66. The molecule has 0 aliphatic carbocycles. The van der Waals surface area contributed by atoms with Gasteiger partial charge in [0.25, 0.3) is 0 Å². The summed E-state index contributed by atoms with van der Waals surface area (Å²) < 4.78 is 11.5. The monoisotopic (exact) mass is 433 g/mol. The Balaban J connectivity index is 1.63. The van der Waals surface area contributed by atoms with Crippen LogP contribution in [0.2, 0.25) is 0 Å². The van der Waals surface area contributed by atoms with E-state index in [0.29, 0.717) is 22.4 Å². The first-order chi connectivity index (χ1) is 15.2. The number of hydrogen-bond acceptors (Lipinski definition) is 5. The minimum Gasteiger partial charge on any atom is -0.478 e. The largest absolute Gasteiger partial charge is 0.478 e. The molecule has 0 fully saturated rings. The number of furan rings is 1. The van der Waals surface area contributed by atoms with E-state index in [-0.39, 0.29) is 24.3 Å². The normalized spacial score (nSPS) is 11.2. The second kappa shape index (κ2) is 8.00. The first-order valence-electron chi connectivity index (χ1n) is 10.3. The minimum absolute atomic E-state index is 0.0550. The van der Waals surface area contributed by atoms with Crippen LogP contribution in [-0.2, 0) is 11.2 Å². The number of benzene rings is 2. The van der Waals surface area contributed by atoms with E-state index in [1.165, 1.54) is 12.1 Å². The number of carbonyl (C=O) groups is 2. The van der Waals surface area contributed by atoms with Crippen molar-refractivity contribution in [1.82, 2.24) is 0 Å². The summed E-state index contributed by atoms with van der Waals surface area (Å²) in [7, 11) is 0. The van der Waals surface area contributed by atoms with Gasteiger partial charge in [0.15, 0.2) is 0 Å². The number of carbonyl (C=O) groups excluding carboxylic acids is 1. The van der Waals surface area contributed by atoms with Crippen LogP contribution >= 0.6 is 0 Å². The fraction of sp³-hybridized carbons (Fsp3) is 0.240. The third-order valence-electron chi connectivity index (χ3n) is 5.94. The molecule has 164 valence electrons. The van der Waals surface area contributed by atoms with Crippen LogP contribution in [0.1, 0.15) is 44.8 Å². The number of aromatic carboxylic acids is 1. The molecular weight excluding hydrogens is 410 g/mol. The Morgan fingerprint density at radius 1 is 0.938 bits per heavy atom. The molecule has 2 heterocycles. The van der Waals surface area contributed by atoms with Gasteiger partial charge in [0.05, 0.1) is 5.56 Å². The highest BCUT2D eigenvalue weighted by atomic mass is 16.4. The lowest BCUT2D eigenvalue weighted by molar-refractivity contribution is -0.116. The van der Waals surface area contributed by atoms with Crippen molar-refractivity contribution in [2.75, 3.05) is 5.32 Å². The maximum Gasteiger partial charge on any atom is 0.339 e. The van der Waals surface area contributed by atoms with Gasteiger partial charge in [-0.15, -0.1) is 0 Å². The summed E-state index contributed by atoms with van der Waals surface area (Å²) in [5, 5.41) is 13.6. The molecule has 0 spiro atoms. The Hall–Kier alpha value is -3.87. The summed E-state index contributed by atoms with van der Waals surface area (Å²) in [5.41, 5.74) is 4.25. The fourth-order valence-electron chi connectivity index (χ4n) is 3.97. The highest BCUT2D eigenvalue weighted by Crippen LogP contribution is 2.34. The number of carboxylic acids is 1. The molecular formula is C25H23NO6. The van der Waals surface area contributed by atoms with Crippen molar-refractivity contribution in [3.05, 3.63) is 74.3 Å². The zero-order valence-electron chi connectivity index (χ0n) is 18.3. The molecule has 7 nitrogen and oxygen atoms in total. The molecule has 4 aromatic rings. The highest BCUT2D eigenvalue weighted by Gasteiger charge is 2.19. The van der Waals surface area contributed by atoms with Gasteiger partial charge in [0.2, 0.25) is 5.91 Å². The van der Waals surface area contributed by atoms with Gasteiger partial charge in [-0.3, -0.25) is 4.79 Å². The van der Waals surface area contributed by atoms with E-state index in [9.17, 15) is 14.4 Å². The number of hydrogen-bond donors (Lipinski definition) is 2. The fourth-order valence-corrected chi connectivity index (χ4v) is 3.97. The maximum absolute atomic E-state index is 12.7. The van der Waals surface area contributed by atoms with Crippen molar-refractivity contribution >= 4 is 39.5 Å². The molecule has 0 aliphatic rings. The van der Waals surface area contributed by atoms with E-state index in [1.807, 2.05) is 33.8 Å². The van der Waals surface area contributed by atoms with Crippen LogP contribution < -0.4 is 10.9 Å². The number of fused-ring (bicyclic) bond motifs is 2. The smallest absolute Gasteiger partial charge is 0.339 e. The molecule has 4 rings (SSSR count). The molecule has 2 aromatic heterocycles. The average Bonchev–Trinajstić information content (AvgIpc) is 3.03. The van der Waals surface area contributed by atoms with Crippen LogP contribution in [-0.4, -0.2) is 17.0 Å². The molecule has 0 aliphatic heterocycles. The van der Waals surface area contributed by atoms with Crippen LogP contribution in [0.3, 0.4) is 0 Å². The Kier molecular flexibility index (Phi) is 5.34. The topological polar surface area (TPSA) is 110 Å². The van der Waals surface area contributed by atoms with E-state index >= 15 is 0 Å². The standard InChI is InChI=1S/C25H23NO6/c1-12-15(4)31-22-14(3)23-20(11-19(12)22)13(2)18(25(30)32-23)8-9-21(27)26-17-7-5-6-16(10-17)24(28)29/h5-7,10-11H,8-9H2,1-4H3,(H,26,27)(H,28,29). The van der Waals surface area contributed by atoms with Crippen LogP contribution in [0, 0.1) is 27.7 Å². The number of anilines is 1. The third-order valence-corrected chi connectivity index (χ3v) is 5.94.